The van der Waals surface area contributed by atoms with Crippen LogP contribution in [0.5, 0.6) is 0 Å². The summed E-state index contributed by atoms with van der Waals surface area (Å²) < 4.78 is 24.6. The van der Waals surface area contributed by atoms with Crippen molar-refractivity contribution in [1.29, 1.82) is 0 Å². The van der Waals surface area contributed by atoms with Crippen LogP contribution in [0.15, 0.2) is 53.4 Å². The van der Waals surface area contributed by atoms with Gasteiger partial charge in [0.25, 0.3) is 0 Å². The fraction of sp³-hybridized carbons (Fsp3) is 0.143. The van der Waals surface area contributed by atoms with E-state index in [4.69, 9.17) is 17.3 Å². The molecular formula is C14H14ClNO2S. The molecule has 0 amide bonds. The van der Waals surface area contributed by atoms with Gasteiger partial charge in [-0.3, -0.25) is 0 Å². The molecule has 0 bridgehead atoms. The lowest BCUT2D eigenvalue weighted by Crippen LogP contribution is -2.06. The number of nitrogens with two attached hydrogens (primary N) is 1. The fourth-order valence-corrected chi connectivity index (χ4v) is 3.75. The van der Waals surface area contributed by atoms with E-state index < -0.39 is 9.84 Å². The van der Waals surface area contributed by atoms with Gasteiger partial charge in [-0.15, -0.1) is 0 Å². The molecule has 0 heterocycles. The van der Waals surface area contributed by atoms with Crippen molar-refractivity contribution in [1.82, 2.24) is 0 Å². The van der Waals surface area contributed by atoms with E-state index in [0.717, 1.165) is 5.56 Å². The number of hydrogen-bond donors (Lipinski definition) is 1. The predicted molar refractivity (Wildman–Crippen MR) is 76.7 cm³/mol. The Morgan fingerprint density at radius 2 is 1.68 bits per heavy atom. The van der Waals surface area contributed by atoms with Crippen molar-refractivity contribution in [2.45, 2.75) is 17.2 Å². The van der Waals surface area contributed by atoms with Crippen molar-refractivity contribution >= 4 is 21.4 Å². The van der Waals surface area contributed by atoms with Gasteiger partial charge in [-0.25, -0.2) is 8.42 Å². The van der Waals surface area contributed by atoms with Crippen LogP contribution in [0.25, 0.3) is 0 Å². The van der Waals surface area contributed by atoms with Crippen LogP contribution in [0.3, 0.4) is 0 Å². The van der Waals surface area contributed by atoms with E-state index in [9.17, 15) is 8.42 Å². The van der Waals surface area contributed by atoms with Gasteiger partial charge in [-0.2, -0.15) is 0 Å². The van der Waals surface area contributed by atoms with E-state index in [-0.39, 0.29) is 15.7 Å². The van der Waals surface area contributed by atoms with E-state index >= 15 is 0 Å². The second kappa shape index (κ2) is 5.74. The Morgan fingerprint density at radius 3 is 2.37 bits per heavy atom. The molecule has 0 aliphatic heterocycles. The molecular weight excluding hydrogens is 282 g/mol. The zero-order valence-corrected chi connectivity index (χ0v) is 11.8. The van der Waals surface area contributed by atoms with Crippen LogP contribution >= 0.6 is 11.6 Å². The summed E-state index contributed by atoms with van der Waals surface area (Å²) >= 11 is 5.93. The maximum atomic E-state index is 12.3. The topological polar surface area (TPSA) is 60.2 Å². The van der Waals surface area contributed by atoms with E-state index in [1.807, 2.05) is 6.07 Å². The standard InChI is InChI=1S/C14H14ClNO2S/c15-13-6-1-2-7-14(13)19(17,18)10-12-5-3-4-11(8-12)9-16/h1-8H,9-10,16H2. The number of hydrogen-bond acceptors (Lipinski definition) is 3. The lowest BCUT2D eigenvalue weighted by molar-refractivity contribution is 0.595. The van der Waals surface area contributed by atoms with Gasteiger partial charge >= 0.3 is 0 Å². The number of halogens is 1. The number of rotatable bonds is 4. The fourth-order valence-electron chi connectivity index (χ4n) is 1.84. The highest BCUT2D eigenvalue weighted by Gasteiger charge is 2.18. The summed E-state index contributed by atoms with van der Waals surface area (Å²) in [5.74, 6) is -0.0788. The molecule has 0 aliphatic rings. The van der Waals surface area contributed by atoms with Crippen LogP contribution in [-0.2, 0) is 22.1 Å². The van der Waals surface area contributed by atoms with E-state index in [1.165, 1.54) is 6.07 Å². The van der Waals surface area contributed by atoms with E-state index in [0.29, 0.717) is 12.1 Å². The Kier molecular flexibility index (Phi) is 4.24. The smallest absolute Gasteiger partial charge is 0.183 e. The minimum Gasteiger partial charge on any atom is -0.326 e. The minimum atomic E-state index is -3.44. The molecule has 100 valence electrons. The van der Waals surface area contributed by atoms with Gasteiger partial charge in [0.2, 0.25) is 0 Å². The van der Waals surface area contributed by atoms with Gasteiger partial charge in [0.15, 0.2) is 9.84 Å². The highest BCUT2D eigenvalue weighted by Crippen LogP contribution is 2.24. The molecule has 0 saturated heterocycles. The van der Waals surface area contributed by atoms with Crippen molar-refractivity contribution in [3.63, 3.8) is 0 Å². The first-order valence-corrected chi connectivity index (χ1v) is 7.81. The van der Waals surface area contributed by atoms with E-state index in [1.54, 1.807) is 36.4 Å². The molecule has 2 N–H and O–H groups in total. The molecule has 2 aromatic carbocycles. The SMILES string of the molecule is NCc1cccc(CS(=O)(=O)c2ccccc2Cl)c1. The molecule has 0 radical (unpaired) electrons. The summed E-state index contributed by atoms with van der Waals surface area (Å²) in [5.41, 5.74) is 7.17. The Bertz CT molecular complexity index is 683. The molecule has 0 unspecified atom stereocenters. The van der Waals surface area contributed by atoms with Crippen LogP contribution in [0.4, 0.5) is 0 Å². The molecule has 0 aliphatic carbocycles. The van der Waals surface area contributed by atoms with Crippen molar-refractivity contribution in [3.8, 4) is 0 Å². The molecule has 19 heavy (non-hydrogen) atoms. The molecule has 0 aromatic heterocycles. The normalized spacial score (nSPS) is 11.5. The average molecular weight is 296 g/mol. The van der Waals surface area contributed by atoms with Gasteiger partial charge in [-0.05, 0) is 23.3 Å². The lowest BCUT2D eigenvalue weighted by atomic mass is 10.1. The Balaban J connectivity index is 2.34. The molecule has 3 nitrogen and oxygen atoms in total. The first kappa shape index (κ1) is 14.1. The lowest BCUT2D eigenvalue weighted by Gasteiger charge is -2.07. The Labute approximate surface area is 117 Å². The van der Waals surface area contributed by atoms with Crippen molar-refractivity contribution in [2.24, 2.45) is 5.73 Å². The van der Waals surface area contributed by atoms with Crippen molar-refractivity contribution in [2.75, 3.05) is 0 Å². The van der Waals surface area contributed by atoms with Crippen molar-refractivity contribution < 1.29 is 8.42 Å². The summed E-state index contributed by atoms with van der Waals surface area (Å²) in [5, 5.41) is 0.248. The monoisotopic (exact) mass is 295 g/mol. The molecule has 0 saturated carbocycles. The van der Waals surface area contributed by atoms with Gasteiger partial charge < -0.3 is 5.73 Å². The minimum absolute atomic E-state index is 0.0788. The van der Waals surface area contributed by atoms with Crippen LogP contribution in [0.2, 0.25) is 5.02 Å². The molecule has 0 spiro atoms. The second-order valence-electron chi connectivity index (χ2n) is 4.21. The summed E-state index contributed by atoms with van der Waals surface area (Å²) in [4.78, 5) is 0.162. The van der Waals surface area contributed by atoms with Crippen LogP contribution < -0.4 is 5.73 Å². The molecule has 5 heteroatoms. The average Bonchev–Trinajstić information content (AvgIpc) is 2.38. The zero-order valence-electron chi connectivity index (χ0n) is 10.2. The van der Waals surface area contributed by atoms with Crippen molar-refractivity contribution in [3.05, 3.63) is 64.7 Å². The van der Waals surface area contributed by atoms with Crippen LogP contribution in [0.1, 0.15) is 11.1 Å². The van der Waals surface area contributed by atoms with Crippen LogP contribution in [-0.4, -0.2) is 8.42 Å². The van der Waals surface area contributed by atoms with Gasteiger partial charge in [0.05, 0.1) is 15.7 Å². The highest BCUT2D eigenvalue weighted by molar-refractivity contribution is 7.90. The summed E-state index contributed by atoms with van der Waals surface area (Å²) in [7, 11) is -3.44. The Morgan fingerprint density at radius 1 is 1.00 bits per heavy atom. The van der Waals surface area contributed by atoms with E-state index in [2.05, 4.69) is 0 Å². The summed E-state index contributed by atoms with van der Waals surface area (Å²) in [6.07, 6.45) is 0. The zero-order chi connectivity index (χ0) is 13.9. The summed E-state index contributed by atoms with van der Waals surface area (Å²) in [6, 6.07) is 13.7. The third kappa shape index (κ3) is 3.35. The number of benzene rings is 2. The maximum Gasteiger partial charge on any atom is 0.183 e. The quantitative estimate of drug-likeness (QED) is 0.943. The first-order chi connectivity index (χ1) is 9.03. The van der Waals surface area contributed by atoms with Gasteiger partial charge in [0, 0.05) is 6.54 Å². The largest absolute Gasteiger partial charge is 0.326 e. The predicted octanol–water partition coefficient (Wildman–Crippen LogP) is 2.77. The summed E-state index contributed by atoms with van der Waals surface area (Å²) in [6.45, 7) is 0.389. The third-order valence-electron chi connectivity index (χ3n) is 2.76. The highest BCUT2D eigenvalue weighted by atomic mass is 35.5. The van der Waals surface area contributed by atoms with Crippen LogP contribution in [0, 0.1) is 0 Å². The Hall–Kier alpha value is -1.36. The van der Waals surface area contributed by atoms with Gasteiger partial charge in [0.1, 0.15) is 0 Å². The molecule has 2 aromatic rings. The molecule has 0 fully saturated rings. The molecule has 0 atom stereocenters. The molecule has 2 rings (SSSR count). The third-order valence-corrected chi connectivity index (χ3v) is 4.94. The number of sulfone groups is 1. The maximum absolute atomic E-state index is 12.3. The first-order valence-electron chi connectivity index (χ1n) is 5.78. The van der Waals surface area contributed by atoms with Gasteiger partial charge in [-0.1, -0.05) is 48.0 Å². The second-order valence-corrected chi connectivity index (χ2v) is 6.58.